The lowest BCUT2D eigenvalue weighted by Gasteiger charge is -2.25. The number of hydrogen-bond donors (Lipinski definition) is 0. The van der Waals surface area contributed by atoms with Crippen LogP contribution in [0, 0.1) is 15.9 Å². The van der Waals surface area contributed by atoms with Crippen molar-refractivity contribution in [2.24, 2.45) is 0 Å². The second-order valence-electron chi connectivity index (χ2n) is 12.4. The van der Waals surface area contributed by atoms with E-state index in [0.29, 0.717) is 5.56 Å². The molecule has 0 spiro atoms. The fourth-order valence-corrected chi connectivity index (χ4v) is 5.86. The molecule has 244 valence electrons. The topological polar surface area (TPSA) is 46.4 Å². The van der Waals surface area contributed by atoms with Gasteiger partial charge in [0.1, 0.15) is 0 Å². The maximum atomic E-state index is 13.9. The number of benzene rings is 3. The van der Waals surface area contributed by atoms with Gasteiger partial charge in [-0.3, -0.25) is 10.1 Å². The third-order valence-electron chi connectivity index (χ3n) is 8.68. The van der Waals surface area contributed by atoms with E-state index < -0.39 is 16.4 Å². The number of hydrogen-bond acceptors (Lipinski definition) is 3. The number of nitrogens with zero attached hydrogens (tertiary/aromatic N) is 2. The summed E-state index contributed by atoms with van der Waals surface area (Å²) in [7, 11) is 0. The minimum atomic E-state index is -0.824. The summed E-state index contributed by atoms with van der Waals surface area (Å²) in [6.07, 6.45) is 25.2. The third-order valence-corrected chi connectivity index (χ3v) is 8.68. The lowest BCUT2D eigenvalue weighted by Crippen LogP contribution is -2.25. The first-order valence-electron chi connectivity index (χ1n) is 17.6. The molecule has 0 saturated heterocycles. The van der Waals surface area contributed by atoms with Crippen molar-refractivity contribution in [2.45, 2.75) is 117 Å². The molecule has 0 aliphatic carbocycles. The van der Waals surface area contributed by atoms with E-state index in [1.165, 1.54) is 126 Å². The van der Waals surface area contributed by atoms with Crippen molar-refractivity contribution >= 4 is 23.5 Å². The van der Waals surface area contributed by atoms with Crippen LogP contribution in [0.5, 0.6) is 0 Å². The molecule has 0 aromatic heterocycles. The van der Waals surface area contributed by atoms with E-state index in [9.17, 15) is 14.5 Å². The van der Waals surface area contributed by atoms with Crippen molar-refractivity contribution in [3.05, 3.63) is 93.8 Å². The Labute approximate surface area is 271 Å². The van der Waals surface area contributed by atoms with Crippen LogP contribution in [0.15, 0.2) is 66.7 Å². The molecule has 45 heavy (non-hydrogen) atoms. The maximum Gasteiger partial charge on any atom is 0.304 e. The number of unbranched alkanes of at least 4 members (excludes halogenated alkanes) is 14. The molecule has 5 heteroatoms. The molecule has 0 heterocycles. The molecule has 3 aromatic carbocycles. The van der Waals surface area contributed by atoms with Crippen LogP contribution in [0.2, 0.25) is 0 Å². The summed E-state index contributed by atoms with van der Waals surface area (Å²) in [5.41, 5.74) is 4.72. The van der Waals surface area contributed by atoms with Crippen molar-refractivity contribution in [3.63, 3.8) is 0 Å². The molecule has 0 saturated carbocycles. The smallest absolute Gasteiger partial charge is 0.304 e. The van der Waals surface area contributed by atoms with Gasteiger partial charge >= 0.3 is 5.69 Å². The van der Waals surface area contributed by atoms with Gasteiger partial charge in [-0.1, -0.05) is 152 Å². The molecule has 0 radical (unpaired) electrons. The van der Waals surface area contributed by atoms with Gasteiger partial charge in [-0.25, -0.2) is 0 Å². The van der Waals surface area contributed by atoms with E-state index in [-0.39, 0.29) is 0 Å². The van der Waals surface area contributed by atoms with Crippen LogP contribution in [-0.4, -0.2) is 18.0 Å². The van der Waals surface area contributed by atoms with Crippen LogP contribution in [0.3, 0.4) is 0 Å². The van der Waals surface area contributed by atoms with Gasteiger partial charge in [-0.2, -0.15) is 4.39 Å². The van der Waals surface area contributed by atoms with Gasteiger partial charge < -0.3 is 4.90 Å². The van der Waals surface area contributed by atoms with Crippen LogP contribution < -0.4 is 4.90 Å². The molecular formula is C40H55FN2O2. The van der Waals surface area contributed by atoms with Crippen molar-refractivity contribution in [1.82, 2.24) is 0 Å². The monoisotopic (exact) mass is 614 g/mol. The largest absolute Gasteiger partial charge is 0.372 e. The van der Waals surface area contributed by atoms with Crippen LogP contribution in [0.4, 0.5) is 15.8 Å². The average Bonchev–Trinajstić information content (AvgIpc) is 3.05. The zero-order valence-electron chi connectivity index (χ0n) is 27.8. The second-order valence-corrected chi connectivity index (χ2v) is 12.4. The van der Waals surface area contributed by atoms with E-state index in [0.717, 1.165) is 24.2 Å². The number of nitro benzene ring substituents is 1. The van der Waals surface area contributed by atoms with Crippen molar-refractivity contribution in [1.29, 1.82) is 0 Å². The Morgan fingerprint density at radius 3 is 1.49 bits per heavy atom. The van der Waals surface area contributed by atoms with Gasteiger partial charge in [0.05, 0.1) is 4.92 Å². The van der Waals surface area contributed by atoms with E-state index in [2.05, 4.69) is 55.1 Å². The number of anilines is 1. The minimum absolute atomic E-state index is 0.507. The van der Waals surface area contributed by atoms with Gasteiger partial charge in [-0.15, -0.1) is 0 Å². The highest BCUT2D eigenvalue weighted by molar-refractivity contribution is 5.73. The third kappa shape index (κ3) is 13.6. The van der Waals surface area contributed by atoms with Gasteiger partial charge in [0.2, 0.25) is 5.82 Å². The normalized spacial score (nSPS) is 11.4. The van der Waals surface area contributed by atoms with Crippen LogP contribution >= 0.6 is 0 Å². The summed E-state index contributed by atoms with van der Waals surface area (Å²) in [5.74, 6) is -0.824. The zero-order chi connectivity index (χ0) is 32.1. The van der Waals surface area contributed by atoms with Crippen LogP contribution in [0.1, 0.15) is 128 Å². The molecule has 3 aromatic rings. The Morgan fingerprint density at radius 1 is 0.600 bits per heavy atom. The highest BCUT2D eigenvalue weighted by atomic mass is 19.1. The predicted molar refractivity (Wildman–Crippen MR) is 191 cm³/mol. The fourth-order valence-electron chi connectivity index (χ4n) is 5.86. The molecule has 0 N–H and O–H groups in total. The summed E-state index contributed by atoms with van der Waals surface area (Å²) in [5, 5.41) is 10.9. The molecule has 0 fully saturated rings. The highest BCUT2D eigenvalue weighted by Gasteiger charge is 2.13. The first-order valence-corrected chi connectivity index (χ1v) is 17.6. The quantitative estimate of drug-likeness (QED) is 0.0462. The fraction of sp³-hybridized carbons (Fsp3) is 0.500. The Bertz CT molecular complexity index is 1250. The Hall–Kier alpha value is -3.47. The Kier molecular flexibility index (Phi) is 17.0. The Morgan fingerprint density at radius 2 is 1.02 bits per heavy atom. The lowest BCUT2D eigenvalue weighted by atomic mass is 10.0. The molecule has 0 bridgehead atoms. The number of nitro groups is 1. The van der Waals surface area contributed by atoms with Crippen molar-refractivity contribution in [2.75, 3.05) is 18.0 Å². The van der Waals surface area contributed by atoms with Crippen molar-refractivity contribution in [3.8, 4) is 11.1 Å². The molecule has 0 amide bonds. The summed E-state index contributed by atoms with van der Waals surface area (Å²) in [6.45, 7) is 6.82. The molecule has 0 aliphatic heterocycles. The molecule has 0 unspecified atom stereocenters. The van der Waals surface area contributed by atoms with Gasteiger partial charge in [0, 0.05) is 24.8 Å². The van der Waals surface area contributed by atoms with Crippen LogP contribution in [0.25, 0.3) is 23.3 Å². The van der Waals surface area contributed by atoms with Gasteiger partial charge in [-0.05, 0) is 59.4 Å². The number of halogens is 1. The maximum absolute atomic E-state index is 13.9. The predicted octanol–water partition coefficient (Wildman–Crippen LogP) is 12.7. The second kappa shape index (κ2) is 21.3. The van der Waals surface area contributed by atoms with E-state index in [1.807, 2.05) is 18.2 Å². The first kappa shape index (κ1) is 36.0. The standard InChI is InChI=1S/C40H55FN2O2/c1-3-5-7-9-11-13-15-17-31-42(32-18-16-14-12-10-8-6-4-2)38-28-26-37(27-29-38)36-24-21-34(22-25-36)19-20-35-23-30-40(43(44)45)39(41)33-35/h19-30,33H,3-18,31-32H2,1-2H3/b20-19+. The molecule has 3 rings (SSSR count). The van der Waals surface area contributed by atoms with E-state index in [4.69, 9.17) is 0 Å². The van der Waals surface area contributed by atoms with Crippen molar-refractivity contribution < 1.29 is 9.31 Å². The average molecular weight is 615 g/mol. The highest BCUT2D eigenvalue weighted by Crippen LogP contribution is 2.26. The molecule has 0 atom stereocenters. The molecular weight excluding hydrogens is 559 g/mol. The molecule has 4 nitrogen and oxygen atoms in total. The van der Waals surface area contributed by atoms with E-state index in [1.54, 1.807) is 12.1 Å². The van der Waals surface area contributed by atoms with Gasteiger partial charge in [0.15, 0.2) is 0 Å². The summed E-state index contributed by atoms with van der Waals surface area (Å²) >= 11 is 0. The zero-order valence-corrected chi connectivity index (χ0v) is 27.8. The molecule has 0 aliphatic rings. The first-order chi connectivity index (χ1) is 22.0. The Balaban J connectivity index is 1.55. The summed E-state index contributed by atoms with van der Waals surface area (Å²) in [6, 6.07) is 21.3. The van der Waals surface area contributed by atoms with Gasteiger partial charge in [0.25, 0.3) is 0 Å². The number of rotatable bonds is 23. The summed E-state index contributed by atoms with van der Waals surface area (Å²) < 4.78 is 13.9. The minimum Gasteiger partial charge on any atom is -0.372 e. The summed E-state index contributed by atoms with van der Waals surface area (Å²) in [4.78, 5) is 12.8. The SMILES string of the molecule is CCCCCCCCCCN(CCCCCCCCCC)c1ccc(-c2ccc(/C=C/c3ccc([N+](=O)[O-])c(F)c3)cc2)cc1. The van der Waals surface area contributed by atoms with Crippen LogP contribution in [-0.2, 0) is 0 Å². The lowest BCUT2D eigenvalue weighted by molar-refractivity contribution is -0.387. The van der Waals surface area contributed by atoms with E-state index >= 15 is 0 Å².